The zero-order chi connectivity index (χ0) is 19.2. The van der Waals surface area contributed by atoms with Crippen molar-refractivity contribution in [3.63, 3.8) is 0 Å². The van der Waals surface area contributed by atoms with Gasteiger partial charge in [0.15, 0.2) is 0 Å². The Bertz CT molecular complexity index is 989. The first-order chi connectivity index (χ1) is 12.8. The highest BCUT2D eigenvalue weighted by atomic mass is 35.5. The van der Waals surface area contributed by atoms with Crippen LogP contribution in [0.3, 0.4) is 0 Å². The second-order valence-electron chi connectivity index (χ2n) is 7.51. The number of halogens is 1. The molecule has 0 radical (unpaired) electrons. The smallest absolute Gasteiger partial charge is 0.347 e. The van der Waals surface area contributed by atoms with Crippen molar-refractivity contribution in [2.75, 3.05) is 0 Å². The zero-order valence-corrected chi connectivity index (χ0v) is 16.1. The highest BCUT2D eigenvalue weighted by Gasteiger charge is 2.37. The molecule has 0 unspecified atom stereocenters. The highest BCUT2D eigenvalue weighted by molar-refractivity contribution is 6.30. The molecule has 2 aromatic rings. The van der Waals surface area contributed by atoms with E-state index < -0.39 is 11.6 Å². The zero-order valence-electron chi connectivity index (χ0n) is 15.3. The normalized spacial score (nSPS) is 18.6. The number of aromatic nitrogens is 4. The molecular weight excluding hydrogens is 368 g/mol. The molecule has 4 rings (SSSR count). The number of esters is 1. The van der Waals surface area contributed by atoms with E-state index in [0.29, 0.717) is 23.7 Å². The van der Waals surface area contributed by atoms with Gasteiger partial charge in [-0.25, -0.2) is 14.3 Å². The molecule has 0 fully saturated rings. The van der Waals surface area contributed by atoms with E-state index in [4.69, 9.17) is 16.3 Å². The van der Waals surface area contributed by atoms with Gasteiger partial charge in [-0.05, 0) is 50.3 Å². The Kier molecular flexibility index (Phi) is 4.42. The lowest BCUT2D eigenvalue weighted by atomic mass is 10.0. The molecule has 0 bridgehead atoms. The third kappa shape index (κ3) is 3.56. The predicted molar refractivity (Wildman–Crippen MR) is 99.7 cm³/mol. The average molecular weight is 389 g/mol. The first kappa shape index (κ1) is 18.0. The van der Waals surface area contributed by atoms with E-state index in [1.165, 1.54) is 15.4 Å². The van der Waals surface area contributed by atoms with Crippen molar-refractivity contribution in [3.8, 4) is 0 Å². The molecule has 2 aromatic heterocycles. The summed E-state index contributed by atoms with van der Waals surface area (Å²) in [5.41, 5.74) is 0.959. The van der Waals surface area contributed by atoms with E-state index in [1.807, 2.05) is 19.9 Å². The van der Waals surface area contributed by atoms with Crippen molar-refractivity contribution in [2.24, 2.45) is 0 Å². The van der Waals surface area contributed by atoms with Crippen LogP contribution in [0.5, 0.6) is 0 Å². The largest absolute Gasteiger partial charge is 0.454 e. The summed E-state index contributed by atoms with van der Waals surface area (Å²) in [5.74, 6) is 0.242. The van der Waals surface area contributed by atoms with Gasteiger partial charge in [-0.3, -0.25) is 9.55 Å². The van der Waals surface area contributed by atoms with Crippen LogP contribution < -0.4 is 5.69 Å². The molecule has 0 saturated carbocycles. The van der Waals surface area contributed by atoms with Gasteiger partial charge >= 0.3 is 11.7 Å². The molecule has 0 amide bonds. The fraction of sp³-hybridized carbons (Fsp3) is 0.474. The topological polar surface area (TPSA) is 79.0 Å². The van der Waals surface area contributed by atoms with Gasteiger partial charge in [0.25, 0.3) is 0 Å². The van der Waals surface area contributed by atoms with Crippen LogP contribution >= 0.6 is 11.6 Å². The molecule has 1 atom stereocenters. The molecule has 2 aliphatic rings. The lowest BCUT2D eigenvalue weighted by Gasteiger charge is -2.28. The number of carbonyl (C=O) groups is 1. The first-order valence-corrected chi connectivity index (χ1v) is 9.43. The summed E-state index contributed by atoms with van der Waals surface area (Å²) in [6.45, 7) is 4.02. The minimum Gasteiger partial charge on any atom is -0.454 e. The van der Waals surface area contributed by atoms with E-state index in [2.05, 4.69) is 10.1 Å². The van der Waals surface area contributed by atoms with E-state index in [9.17, 15) is 9.59 Å². The number of hydrogen-bond acceptors (Lipinski definition) is 5. The predicted octanol–water partition coefficient (Wildman–Crippen LogP) is 2.67. The molecule has 0 saturated heterocycles. The van der Waals surface area contributed by atoms with Crippen LogP contribution in [0.2, 0.25) is 5.02 Å². The van der Waals surface area contributed by atoms with Crippen LogP contribution in [0.15, 0.2) is 34.9 Å². The first-order valence-electron chi connectivity index (χ1n) is 9.05. The third-order valence-corrected chi connectivity index (χ3v) is 5.24. The van der Waals surface area contributed by atoms with Gasteiger partial charge in [-0.2, -0.15) is 5.10 Å². The monoisotopic (exact) mass is 388 g/mol. The van der Waals surface area contributed by atoms with Gasteiger partial charge in [0, 0.05) is 18.8 Å². The van der Waals surface area contributed by atoms with Gasteiger partial charge in [-0.15, -0.1) is 0 Å². The number of nitrogens with zero attached hydrogens (tertiary/aromatic N) is 4. The summed E-state index contributed by atoms with van der Waals surface area (Å²) in [6, 6.07) is 1.11. The maximum Gasteiger partial charge on any atom is 0.347 e. The van der Waals surface area contributed by atoms with E-state index in [0.717, 1.165) is 24.0 Å². The fourth-order valence-corrected chi connectivity index (χ4v) is 3.70. The lowest BCUT2D eigenvalue weighted by molar-refractivity contribution is -0.158. The van der Waals surface area contributed by atoms with Gasteiger partial charge in [0.1, 0.15) is 17.5 Å². The summed E-state index contributed by atoms with van der Waals surface area (Å²) in [7, 11) is 0. The Balaban J connectivity index is 1.60. The second-order valence-corrected chi connectivity index (χ2v) is 7.95. The summed E-state index contributed by atoms with van der Waals surface area (Å²) in [6.07, 6.45) is 8.13. The molecule has 1 aliphatic carbocycles. The summed E-state index contributed by atoms with van der Waals surface area (Å²) >= 11 is 5.97. The summed E-state index contributed by atoms with van der Waals surface area (Å²) in [5, 5.41) is 4.93. The number of ether oxygens (including phenoxy) is 1. The Morgan fingerprint density at radius 2 is 2.19 bits per heavy atom. The quantitative estimate of drug-likeness (QED) is 0.581. The molecule has 142 valence electrons. The molecule has 0 aromatic carbocycles. The van der Waals surface area contributed by atoms with Gasteiger partial charge < -0.3 is 4.74 Å². The van der Waals surface area contributed by atoms with Crippen molar-refractivity contribution in [1.82, 2.24) is 19.3 Å². The molecular formula is C19H21ClN4O3. The highest BCUT2D eigenvalue weighted by Crippen LogP contribution is 2.35. The van der Waals surface area contributed by atoms with Crippen LogP contribution in [0.4, 0.5) is 0 Å². The molecule has 27 heavy (non-hydrogen) atoms. The van der Waals surface area contributed by atoms with Crippen molar-refractivity contribution in [3.05, 3.63) is 57.0 Å². The number of pyridine rings is 1. The lowest BCUT2D eigenvalue weighted by Crippen LogP contribution is -2.38. The van der Waals surface area contributed by atoms with Crippen molar-refractivity contribution >= 4 is 17.6 Å². The maximum atomic E-state index is 12.9. The van der Waals surface area contributed by atoms with Crippen molar-refractivity contribution in [2.45, 2.75) is 57.7 Å². The van der Waals surface area contributed by atoms with E-state index in [-0.39, 0.29) is 18.2 Å². The second kappa shape index (κ2) is 6.64. The van der Waals surface area contributed by atoms with Crippen LogP contribution in [0.25, 0.3) is 0 Å². The molecule has 1 aliphatic heterocycles. The fourth-order valence-electron chi connectivity index (χ4n) is 3.50. The van der Waals surface area contributed by atoms with Crippen LogP contribution in [0, 0.1) is 0 Å². The van der Waals surface area contributed by atoms with Gasteiger partial charge in [-0.1, -0.05) is 17.7 Å². The third-order valence-electron chi connectivity index (χ3n) is 5.03. The van der Waals surface area contributed by atoms with Crippen LogP contribution in [-0.2, 0) is 22.5 Å². The number of hydrogen-bond donors (Lipinski definition) is 0. The number of allylic oxidation sites excluding steroid dienone is 1. The van der Waals surface area contributed by atoms with Gasteiger partial charge in [0.05, 0.1) is 11.6 Å². The summed E-state index contributed by atoms with van der Waals surface area (Å²) < 4.78 is 8.58. The van der Waals surface area contributed by atoms with E-state index >= 15 is 0 Å². The standard InChI is InChI=1S/C19H21ClN4O3/c1-19(2,13-6-7-13)27-17(25)15-4-3-5-16-22-23(18(26)24(15)16)11-12-8-14(20)10-21-9-12/h6,8-10,15H,3-5,7,11H2,1-2H3/t15-/m0/s1. The average Bonchev–Trinajstić information content (AvgIpc) is 3.42. The molecule has 3 heterocycles. The SMILES string of the molecule is CC(C)(OC(=O)[C@@H]1CCCc2nn(Cc3cncc(Cl)c3)c(=O)n21)C1=CC1. The number of rotatable bonds is 5. The number of aryl methyl sites for hydroxylation is 1. The molecule has 7 nitrogen and oxygen atoms in total. The van der Waals surface area contributed by atoms with Crippen molar-refractivity contribution < 1.29 is 9.53 Å². The molecule has 0 N–H and O–H groups in total. The van der Waals surface area contributed by atoms with Crippen LogP contribution in [-0.4, -0.2) is 30.9 Å². The minimum absolute atomic E-state index is 0.256. The molecule has 0 spiro atoms. The van der Waals surface area contributed by atoms with Crippen LogP contribution in [0.1, 0.15) is 50.5 Å². The Morgan fingerprint density at radius 1 is 1.41 bits per heavy atom. The van der Waals surface area contributed by atoms with Gasteiger partial charge in [0.2, 0.25) is 0 Å². The Morgan fingerprint density at radius 3 is 2.89 bits per heavy atom. The Hall–Kier alpha value is -2.41. The van der Waals surface area contributed by atoms with E-state index in [1.54, 1.807) is 12.3 Å². The summed E-state index contributed by atoms with van der Waals surface area (Å²) in [4.78, 5) is 29.8. The maximum absolute atomic E-state index is 12.9. The van der Waals surface area contributed by atoms with Crippen molar-refractivity contribution in [1.29, 1.82) is 0 Å². The minimum atomic E-state index is -0.633. The Labute approximate surface area is 161 Å². The number of fused-ring (bicyclic) bond motifs is 1. The number of carbonyl (C=O) groups excluding carboxylic acids is 1. The molecule has 8 heteroatoms.